The third kappa shape index (κ3) is 2.64. The van der Waals surface area contributed by atoms with Gasteiger partial charge in [0.05, 0.1) is 0 Å². The number of fused-ring (bicyclic) bond motifs is 1. The Labute approximate surface area is 99.5 Å². The standard InChI is InChI=1S/C13H13N3O/c1-14-9-13(17)15-7-6-10-8-16-12-5-3-2-4-11(10)12/h2-5,8,16H,6-7,9H2,(H,15,17). The van der Waals surface area contributed by atoms with Gasteiger partial charge in [-0.25, -0.2) is 6.57 Å². The van der Waals surface area contributed by atoms with E-state index in [-0.39, 0.29) is 12.5 Å². The van der Waals surface area contributed by atoms with Crippen LogP contribution in [0.15, 0.2) is 30.5 Å². The molecule has 0 fully saturated rings. The van der Waals surface area contributed by atoms with Crippen LogP contribution < -0.4 is 5.32 Å². The molecule has 0 aliphatic carbocycles. The van der Waals surface area contributed by atoms with Crippen molar-refractivity contribution in [2.75, 3.05) is 13.1 Å². The summed E-state index contributed by atoms with van der Waals surface area (Å²) in [4.78, 5) is 17.3. The van der Waals surface area contributed by atoms with Crippen molar-refractivity contribution in [1.82, 2.24) is 10.3 Å². The molecule has 0 atom stereocenters. The smallest absolute Gasteiger partial charge is 0.300 e. The molecule has 0 bridgehead atoms. The lowest BCUT2D eigenvalue weighted by atomic mass is 10.1. The van der Waals surface area contributed by atoms with Crippen molar-refractivity contribution >= 4 is 16.8 Å². The van der Waals surface area contributed by atoms with Gasteiger partial charge in [-0.2, -0.15) is 0 Å². The molecule has 17 heavy (non-hydrogen) atoms. The molecular formula is C13H13N3O. The zero-order valence-corrected chi connectivity index (χ0v) is 9.36. The fourth-order valence-electron chi connectivity index (χ4n) is 1.80. The summed E-state index contributed by atoms with van der Waals surface area (Å²) >= 11 is 0. The molecule has 0 saturated heterocycles. The van der Waals surface area contributed by atoms with Crippen LogP contribution in [0.25, 0.3) is 15.7 Å². The molecule has 1 aromatic carbocycles. The Morgan fingerprint density at radius 3 is 3.06 bits per heavy atom. The highest BCUT2D eigenvalue weighted by Crippen LogP contribution is 2.17. The van der Waals surface area contributed by atoms with Crippen molar-refractivity contribution in [2.45, 2.75) is 6.42 Å². The van der Waals surface area contributed by atoms with Crippen molar-refractivity contribution in [2.24, 2.45) is 0 Å². The van der Waals surface area contributed by atoms with Crippen LogP contribution in [0.3, 0.4) is 0 Å². The highest BCUT2D eigenvalue weighted by Gasteiger charge is 2.05. The van der Waals surface area contributed by atoms with Gasteiger partial charge in [0.15, 0.2) is 0 Å². The van der Waals surface area contributed by atoms with Crippen LogP contribution in [0.1, 0.15) is 5.56 Å². The van der Waals surface area contributed by atoms with Gasteiger partial charge >= 0.3 is 0 Å². The van der Waals surface area contributed by atoms with Crippen molar-refractivity contribution in [1.29, 1.82) is 0 Å². The second-order valence-electron chi connectivity index (χ2n) is 3.78. The Bertz CT molecular complexity index is 565. The van der Waals surface area contributed by atoms with E-state index in [9.17, 15) is 4.79 Å². The van der Waals surface area contributed by atoms with Crippen molar-refractivity contribution < 1.29 is 4.79 Å². The molecule has 1 heterocycles. The highest BCUT2D eigenvalue weighted by atomic mass is 16.1. The van der Waals surface area contributed by atoms with Crippen LogP contribution in [0.2, 0.25) is 0 Å². The third-order valence-corrected chi connectivity index (χ3v) is 2.61. The summed E-state index contributed by atoms with van der Waals surface area (Å²) in [6, 6.07) is 8.07. The number of H-pyrrole nitrogens is 1. The molecule has 4 heteroatoms. The lowest BCUT2D eigenvalue weighted by Gasteiger charge is -2.00. The van der Waals surface area contributed by atoms with Gasteiger partial charge in [0.25, 0.3) is 12.5 Å². The van der Waals surface area contributed by atoms with Gasteiger partial charge in [0.1, 0.15) is 0 Å². The van der Waals surface area contributed by atoms with Crippen LogP contribution in [0.4, 0.5) is 0 Å². The molecule has 1 aromatic heterocycles. The van der Waals surface area contributed by atoms with Crippen LogP contribution in [-0.2, 0) is 11.2 Å². The SMILES string of the molecule is [C-]#[N+]CC(=O)NCCc1c[nH]c2ccccc12. The molecular weight excluding hydrogens is 214 g/mol. The number of aromatic nitrogens is 1. The maximum absolute atomic E-state index is 11.1. The summed E-state index contributed by atoms with van der Waals surface area (Å²) in [5.74, 6) is -0.208. The van der Waals surface area contributed by atoms with Crippen LogP contribution in [0.5, 0.6) is 0 Å². The number of carbonyl (C=O) groups excluding carboxylic acids is 1. The molecule has 2 N–H and O–H groups in total. The van der Waals surface area contributed by atoms with E-state index in [0.29, 0.717) is 6.54 Å². The van der Waals surface area contributed by atoms with Gasteiger partial charge in [-0.15, -0.1) is 0 Å². The van der Waals surface area contributed by atoms with E-state index < -0.39 is 0 Å². The highest BCUT2D eigenvalue weighted by molar-refractivity contribution is 5.83. The van der Waals surface area contributed by atoms with E-state index >= 15 is 0 Å². The normalized spacial score (nSPS) is 10.1. The second kappa shape index (κ2) is 5.17. The average molecular weight is 227 g/mol. The third-order valence-electron chi connectivity index (χ3n) is 2.61. The number of para-hydroxylation sites is 1. The molecule has 2 rings (SSSR count). The molecule has 0 aliphatic heterocycles. The van der Waals surface area contributed by atoms with Gasteiger partial charge in [-0.3, -0.25) is 4.79 Å². The number of nitrogens with one attached hydrogen (secondary N) is 2. The first kappa shape index (κ1) is 11.2. The lowest BCUT2D eigenvalue weighted by Crippen LogP contribution is -2.27. The van der Waals surface area contributed by atoms with Gasteiger partial charge in [0, 0.05) is 23.6 Å². The predicted molar refractivity (Wildman–Crippen MR) is 66.5 cm³/mol. The molecule has 1 amide bonds. The Morgan fingerprint density at radius 1 is 1.41 bits per heavy atom. The van der Waals surface area contributed by atoms with Gasteiger partial charge in [-0.05, 0) is 18.1 Å². The lowest BCUT2D eigenvalue weighted by molar-refractivity contribution is -0.119. The molecule has 0 radical (unpaired) electrons. The van der Waals surface area contributed by atoms with E-state index in [0.717, 1.165) is 11.9 Å². The summed E-state index contributed by atoms with van der Waals surface area (Å²) in [6.45, 7) is 7.05. The number of hydrogen-bond donors (Lipinski definition) is 2. The number of aromatic amines is 1. The Morgan fingerprint density at radius 2 is 2.24 bits per heavy atom. The molecule has 0 saturated carbocycles. The summed E-state index contributed by atoms with van der Waals surface area (Å²) in [5.41, 5.74) is 2.29. The molecule has 0 unspecified atom stereocenters. The minimum absolute atomic E-state index is 0.0894. The quantitative estimate of drug-likeness (QED) is 0.768. The molecule has 0 aliphatic rings. The first-order valence-electron chi connectivity index (χ1n) is 5.46. The van der Waals surface area contributed by atoms with Crippen molar-refractivity contribution in [3.63, 3.8) is 0 Å². The van der Waals surface area contributed by atoms with Crippen molar-refractivity contribution in [3.05, 3.63) is 47.4 Å². The maximum atomic E-state index is 11.1. The fraction of sp³-hybridized carbons (Fsp3) is 0.231. The first-order chi connectivity index (χ1) is 8.31. The minimum Gasteiger partial charge on any atom is -0.361 e. The molecule has 86 valence electrons. The number of hydrogen-bond acceptors (Lipinski definition) is 1. The largest absolute Gasteiger partial charge is 0.361 e. The summed E-state index contributed by atoms with van der Waals surface area (Å²) in [6.07, 6.45) is 2.74. The summed E-state index contributed by atoms with van der Waals surface area (Å²) in [5, 5.41) is 3.91. The monoisotopic (exact) mass is 227 g/mol. The second-order valence-corrected chi connectivity index (χ2v) is 3.78. The average Bonchev–Trinajstić information content (AvgIpc) is 2.73. The minimum atomic E-state index is -0.208. The zero-order valence-electron chi connectivity index (χ0n) is 9.36. The fourth-order valence-corrected chi connectivity index (χ4v) is 1.80. The summed E-state index contributed by atoms with van der Waals surface area (Å²) in [7, 11) is 0. The van der Waals surface area contributed by atoms with E-state index in [1.807, 2.05) is 24.4 Å². The first-order valence-corrected chi connectivity index (χ1v) is 5.46. The van der Waals surface area contributed by atoms with Gasteiger partial charge < -0.3 is 15.1 Å². The Balaban J connectivity index is 1.96. The number of nitrogens with zero attached hydrogens (tertiary/aromatic N) is 1. The zero-order chi connectivity index (χ0) is 12.1. The Kier molecular flexibility index (Phi) is 3.41. The maximum Gasteiger partial charge on any atom is 0.300 e. The van der Waals surface area contributed by atoms with Gasteiger partial charge in [0.2, 0.25) is 0 Å². The van der Waals surface area contributed by atoms with Crippen LogP contribution >= 0.6 is 0 Å². The van der Waals surface area contributed by atoms with E-state index in [1.165, 1.54) is 10.9 Å². The predicted octanol–water partition coefficient (Wildman–Crippen LogP) is 1.75. The van der Waals surface area contributed by atoms with E-state index in [2.05, 4.69) is 21.2 Å². The number of rotatable bonds is 4. The van der Waals surface area contributed by atoms with Crippen LogP contribution in [0, 0.1) is 6.57 Å². The van der Waals surface area contributed by atoms with E-state index in [4.69, 9.17) is 6.57 Å². The van der Waals surface area contributed by atoms with E-state index in [1.54, 1.807) is 0 Å². The molecule has 4 nitrogen and oxygen atoms in total. The molecule has 0 spiro atoms. The number of amides is 1. The number of carbonyl (C=O) groups is 1. The van der Waals surface area contributed by atoms with Crippen molar-refractivity contribution in [3.8, 4) is 0 Å². The summed E-state index contributed by atoms with van der Waals surface area (Å²) < 4.78 is 0. The molecule has 2 aromatic rings. The van der Waals surface area contributed by atoms with Gasteiger partial charge in [-0.1, -0.05) is 18.2 Å². The number of benzene rings is 1. The Hall–Kier alpha value is -2.28. The topological polar surface area (TPSA) is 49.2 Å². The van der Waals surface area contributed by atoms with Crippen LogP contribution in [-0.4, -0.2) is 24.0 Å².